The van der Waals surface area contributed by atoms with E-state index in [4.69, 9.17) is 4.74 Å². The van der Waals surface area contributed by atoms with E-state index in [0.717, 1.165) is 56.3 Å². The van der Waals surface area contributed by atoms with Gasteiger partial charge < -0.3 is 19.7 Å². The number of methoxy groups -OCH3 is 1. The van der Waals surface area contributed by atoms with Gasteiger partial charge in [-0.15, -0.1) is 0 Å². The third-order valence-corrected chi connectivity index (χ3v) is 7.29. The summed E-state index contributed by atoms with van der Waals surface area (Å²) in [5, 5.41) is 13.3. The van der Waals surface area contributed by atoms with E-state index in [0.29, 0.717) is 17.2 Å². The summed E-state index contributed by atoms with van der Waals surface area (Å²) >= 11 is 0. The molecule has 2 atom stereocenters. The second-order valence-corrected chi connectivity index (χ2v) is 8.83. The van der Waals surface area contributed by atoms with E-state index < -0.39 is 11.4 Å². The fourth-order valence-electron chi connectivity index (χ4n) is 5.57. The number of ether oxygens (including phenoxy) is 1. The Morgan fingerprint density at radius 1 is 1.29 bits per heavy atom. The number of carboxylic acids is 1. The molecule has 2 heterocycles. The molecule has 2 unspecified atom stereocenters. The van der Waals surface area contributed by atoms with E-state index in [2.05, 4.69) is 24.1 Å². The number of nitrogens with one attached hydrogen (secondary N) is 1. The molecule has 0 radical (unpaired) electrons. The van der Waals surface area contributed by atoms with Gasteiger partial charge in [0.05, 0.1) is 23.6 Å². The molecule has 31 heavy (non-hydrogen) atoms. The normalized spacial score (nSPS) is 24.1. The van der Waals surface area contributed by atoms with Crippen molar-refractivity contribution >= 4 is 16.9 Å². The highest BCUT2D eigenvalue weighted by atomic mass is 16.5. The predicted molar refractivity (Wildman–Crippen MR) is 121 cm³/mol. The van der Waals surface area contributed by atoms with Gasteiger partial charge in [0, 0.05) is 30.5 Å². The molecule has 1 aromatic heterocycles. The summed E-state index contributed by atoms with van der Waals surface area (Å²) in [5.41, 5.74) is 1.00. The highest BCUT2D eigenvalue weighted by Crippen LogP contribution is 2.50. The maximum atomic E-state index is 13.0. The second kappa shape index (κ2) is 8.28. The van der Waals surface area contributed by atoms with Crippen molar-refractivity contribution < 1.29 is 14.6 Å². The molecule has 1 aliphatic heterocycles. The van der Waals surface area contributed by atoms with Gasteiger partial charge in [0.2, 0.25) is 5.43 Å². The minimum absolute atomic E-state index is 0.178. The van der Waals surface area contributed by atoms with Crippen LogP contribution in [0.1, 0.15) is 74.3 Å². The van der Waals surface area contributed by atoms with Crippen LogP contribution in [0.4, 0.5) is 0 Å². The molecule has 2 fully saturated rings. The fourth-order valence-corrected chi connectivity index (χ4v) is 5.57. The van der Waals surface area contributed by atoms with E-state index in [1.807, 2.05) is 23.7 Å². The number of aromatic nitrogens is 1. The Morgan fingerprint density at radius 2 is 2.03 bits per heavy atom. The van der Waals surface area contributed by atoms with Crippen molar-refractivity contribution in [3.63, 3.8) is 0 Å². The predicted octanol–water partition coefficient (Wildman–Crippen LogP) is 3.70. The van der Waals surface area contributed by atoms with Crippen LogP contribution < -0.4 is 15.5 Å². The Labute approximate surface area is 183 Å². The smallest absolute Gasteiger partial charge is 0.341 e. The molecule has 2 aromatic rings. The Hall–Kier alpha value is -2.38. The summed E-state index contributed by atoms with van der Waals surface area (Å²) in [6, 6.07) is 4.50. The molecule has 2 aliphatic rings. The number of hydrogen-bond donors (Lipinski definition) is 2. The molecule has 2 N–H and O–H groups in total. The lowest BCUT2D eigenvalue weighted by atomic mass is 9.83. The second-order valence-electron chi connectivity index (χ2n) is 8.83. The number of nitrogens with zero attached hydrogens (tertiary/aromatic N) is 2. The molecule has 4 rings (SSSR count). The van der Waals surface area contributed by atoms with Crippen molar-refractivity contribution in [2.24, 2.45) is 0 Å². The summed E-state index contributed by atoms with van der Waals surface area (Å²) in [6.45, 7) is 5.22. The van der Waals surface area contributed by atoms with Gasteiger partial charge in [-0.2, -0.15) is 0 Å². The molecule has 7 nitrogen and oxygen atoms in total. The first-order chi connectivity index (χ1) is 14.9. The number of carboxylic acid groups (broad SMARTS) is 1. The number of carbonyl (C=O) groups is 1. The Morgan fingerprint density at radius 3 is 2.58 bits per heavy atom. The van der Waals surface area contributed by atoms with Gasteiger partial charge in [-0.05, 0) is 51.6 Å². The minimum Gasteiger partial charge on any atom is -0.494 e. The molecule has 1 saturated heterocycles. The van der Waals surface area contributed by atoms with Crippen LogP contribution in [-0.4, -0.2) is 47.4 Å². The van der Waals surface area contributed by atoms with Crippen molar-refractivity contribution in [3.8, 4) is 5.75 Å². The molecule has 0 amide bonds. The lowest BCUT2D eigenvalue weighted by molar-refractivity contribution is 0.0694. The molecule has 1 saturated carbocycles. The van der Waals surface area contributed by atoms with Gasteiger partial charge in [0.1, 0.15) is 11.3 Å². The third-order valence-electron chi connectivity index (χ3n) is 7.29. The van der Waals surface area contributed by atoms with E-state index in [1.165, 1.54) is 6.20 Å². The largest absolute Gasteiger partial charge is 0.494 e. The Kier molecular flexibility index (Phi) is 5.83. The number of fused-ring (bicyclic) bond motifs is 1. The molecule has 1 aliphatic carbocycles. The van der Waals surface area contributed by atoms with Gasteiger partial charge in [0.15, 0.2) is 0 Å². The molecule has 0 bridgehead atoms. The Bertz CT molecular complexity index is 1060. The average Bonchev–Trinajstić information content (AvgIpc) is 3.55. The topological polar surface area (TPSA) is 83.8 Å². The number of benzene rings is 1. The van der Waals surface area contributed by atoms with E-state index in [1.54, 1.807) is 7.11 Å². The van der Waals surface area contributed by atoms with Gasteiger partial charge in [0.25, 0.3) is 0 Å². The van der Waals surface area contributed by atoms with E-state index >= 15 is 0 Å². The highest BCUT2D eigenvalue weighted by molar-refractivity contribution is 5.95. The fraction of sp³-hybridized carbons (Fsp3) is 0.583. The van der Waals surface area contributed by atoms with Crippen molar-refractivity contribution in [3.05, 3.63) is 39.7 Å². The molecular formula is C24H33N3O4. The lowest BCUT2D eigenvalue weighted by Crippen LogP contribution is -2.48. The quantitative estimate of drug-likeness (QED) is 0.668. The molecule has 1 aromatic carbocycles. The zero-order chi connectivity index (χ0) is 22.3. The molecular weight excluding hydrogens is 394 g/mol. The van der Waals surface area contributed by atoms with Crippen LogP contribution in [-0.2, 0) is 5.54 Å². The van der Waals surface area contributed by atoms with Crippen molar-refractivity contribution in [1.29, 1.82) is 0 Å². The van der Waals surface area contributed by atoms with Crippen molar-refractivity contribution in [1.82, 2.24) is 14.8 Å². The first-order valence-electron chi connectivity index (χ1n) is 11.3. The maximum absolute atomic E-state index is 13.0. The lowest BCUT2D eigenvalue weighted by Gasteiger charge is -2.42. The molecule has 168 valence electrons. The summed E-state index contributed by atoms with van der Waals surface area (Å²) in [7, 11) is 3.63. The zero-order valence-corrected chi connectivity index (χ0v) is 18.9. The van der Waals surface area contributed by atoms with E-state index in [9.17, 15) is 14.7 Å². The van der Waals surface area contributed by atoms with Crippen molar-refractivity contribution in [2.75, 3.05) is 20.8 Å². The summed E-state index contributed by atoms with van der Waals surface area (Å²) in [4.78, 5) is 27.3. The van der Waals surface area contributed by atoms with Crippen LogP contribution in [0.3, 0.4) is 0 Å². The SMILES string of the molecule is CCC1CCC(CC)(c2ccc3c(=O)c(C(=O)O)cn(C4CC4)c3c2OC)N1CNC. The highest BCUT2D eigenvalue weighted by Gasteiger charge is 2.47. The zero-order valence-electron chi connectivity index (χ0n) is 18.9. The number of rotatable bonds is 8. The maximum Gasteiger partial charge on any atom is 0.341 e. The van der Waals surface area contributed by atoms with Crippen LogP contribution in [0.2, 0.25) is 0 Å². The standard InChI is InChI=1S/C24H33N3O4/c1-5-15-11-12-24(6-2,27(15)14-25-3)19-10-9-17-20(22(19)31-4)26(16-7-8-16)13-18(21(17)28)23(29)30/h9-10,13,15-16,25H,5-8,11-12,14H2,1-4H3,(H,29,30). The van der Waals surface area contributed by atoms with Gasteiger partial charge in [-0.25, -0.2) is 4.79 Å². The van der Waals surface area contributed by atoms with Gasteiger partial charge in [-0.3, -0.25) is 9.69 Å². The van der Waals surface area contributed by atoms with Crippen LogP contribution in [0, 0.1) is 0 Å². The van der Waals surface area contributed by atoms with Crippen LogP contribution in [0.25, 0.3) is 10.9 Å². The van der Waals surface area contributed by atoms with Crippen LogP contribution in [0.15, 0.2) is 23.1 Å². The first kappa shape index (κ1) is 21.8. The number of aromatic carboxylic acids is 1. The summed E-state index contributed by atoms with van der Waals surface area (Å²) in [6.07, 6.45) is 7.61. The number of hydrogen-bond acceptors (Lipinski definition) is 5. The number of likely N-dealkylation sites (tertiary alicyclic amines) is 1. The van der Waals surface area contributed by atoms with Gasteiger partial charge >= 0.3 is 5.97 Å². The van der Waals surface area contributed by atoms with Crippen LogP contribution in [0.5, 0.6) is 5.75 Å². The first-order valence-corrected chi connectivity index (χ1v) is 11.3. The van der Waals surface area contributed by atoms with E-state index in [-0.39, 0.29) is 17.1 Å². The number of pyridine rings is 1. The van der Waals surface area contributed by atoms with Crippen molar-refractivity contribution in [2.45, 2.75) is 70.0 Å². The summed E-state index contributed by atoms with van der Waals surface area (Å²) < 4.78 is 7.99. The molecule has 7 heteroatoms. The van der Waals surface area contributed by atoms with Crippen LogP contribution >= 0.6 is 0 Å². The Balaban J connectivity index is 2.02. The third kappa shape index (κ3) is 3.34. The monoisotopic (exact) mass is 427 g/mol. The minimum atomic E-state index is -1.18. The summed E-state index contributed by atoms with van der Waals surface area (Å²) in [5.74, 6) is -0.478. The van der Waals surface area contributed by atoms with Gasteiger partial charge in [-0.1, -0.05) is 19.9 Å². The average molecular weight is 428 g/mol. The molecule has 0 spiro atoms.